The minimum atomic E-state index is -0.319. The van der Waals surface area contributed by atoms with Crippen molar-refractivity contribution >= 4 is 5.91 Å². The highest BCUT2D eigenvalue weighted by Gasteiger charge is 2.21. The molecule has 128 valence electrons. The van der Waals surface area contributed by atoms with E-state index < -0.39 is 0 Å². The van der Waals surface area contributed by atoms with E-state index in [1.54, 1.807) is 0 Å². The van der Waals surface area contributed by atoms with Gasteiger partial charge in [0.2, 0.25) is 5.91 Å². The maximum Gasteiger partial charge on any atom is 0.231 e. The molecule has 0 unspecified atom stereocenters. The van der Waals surface area contributed by atoms with Crippen LogP contribution in [0.4, 0.5) is 0 Å². The molecule has 1 saturated heterocycles. The van der Waals surface area contributed by atoms with Crippen molar-refractivity contribution in [2.45, 2.75) is 19.6 Å². The highest BCUT2D eigenvalue weighted by atomic mass is 16.5. The number of morpholine rings is 1. The number of rotatable bonds is 8. The van der Waals surface area contributed by atoms with E-state index in [4.69, 9.17) is 15.2 Å². The standard InChI is InChI=1S/C17H27N3O3/c1-3-22-15-6-4-14(5-7-15)10-20(13-17(18)21)12-16-11-19(2)8-9-23-16/h4-7,16H,3,8-13H2,1-2H3,(H2,18,21)/t16-/m1/s1. The summed E-state index contributed by atoms with van der Waals surface area (Å²) < 4.78 is 11.2. The fourth-order valence-electron chi connectivity index (χ4n) is 2.79. The summed E-state index contributed by atoms with van der Waals surface area (Å²) in [5.74, 6) is 0.537. The van der Waals surface area contributed by atoms with Gasteiger partial charge in [0.15, 0.2) is 0 Å². The molecule has 2 N–H and O–H groups in total. The number of nitrogens with two attached hydrogens (primary N) is 1. The quantitative estimate of drug-likeness (QED) is 0.763. The van der Waals surface area contributed by atoms with E-state index in [1.807, 2.05) is 36.1 Å². The molecule has 1 aromatic carbocycles. The van der Waals surface area contributed by atoms with Gasteiger partial charge in [-0.1, -0.05) is 12.1 Å². The number of amides is 1. The van der Waals surface area contributed by atoms with Gasteiger partial charge in [-0.2, -0.15) is 0 Å². The molecular formula is C17H27N3O3. The first-order valence-corrected chi connectivity index (χ1v) is 8.09. The van der Waals surface area contributed by atoms with Crippen LogP contribution in [0.15, 0.2) is 24.3 Å². The van der Waals surface area contributed by atoms with Crippen molar-refractivity contribution in [3.63, 3.8) is 0 Å². The fraction of sp³-hybridized carbons (Fsp3) is 0.588. The minimum absolute atomic E-state index is 0.107. The molecule has 23 heavy (non-hydrogen) atoms. The molecule has 0 saturated carbocycles. The average Bonchev–Trinajstić information content (AvgIpc) is 2.49. The first-order chi connectivity index (χ1) is 11.1. The van der Waals surface area contributed by atoms with Crippen molar-refractivity contribution in [1.29, 1.82) is 0 Å². The van der Waals surface area contributed by atoms with Crippen molar-refractivity contribution < 1.29 is 14.3 Å². The average molecular weight is 321 g/mol. The normalized spacial score (nSPS) is 19.0. The summed E-state index contributed by atoms with van der Waals surface area (Å²) >= 11 is 0. The SMILES string of the molecule is CCOc1ccc(CN(CC(N)=O)C[C@H]2CN(C)CCO2)cc1. The summed E-state index contributed by atoms with van der Waals surface area (Å²) in [6.45, 7) is 6.76. The van der Waals surface area contributed by atoms with E-state index in [-0.39, 0.29) is 18.6 Å². The lowest BCUT2D eigenvalue weighted by Gasteiger charge is -2.33. The number of benzene rings is 1. The number of ether oxygens (including phenoxy) is 2. The molecule has 1 aliphatic rings. The molecule has 1 amide bonds. The van der Waals surface area contributed by atoms with E-state index in [2.05, 4.69) is 11.9 Å². The molecule has 1 heterocycles. The van der Waals surface area contributed by atoms with Gasteiger partial charge < -0.3 is 20.1 Å². The van der Waals surface area contributed by atoms with Gasteiger partial charge in [-0.05, 0) is 31.7 Å². The van der Waals surface area contributed by atoms with Crippen LogP contribution in [0.1, 0.15) is 12.5 Å². The van der Waals surface area contributed by atoms with Crippen LogP contribution in [0.3, 0.4) is 0 Å². The molecule has 6 heteroatoms. The summed E-state index contributed by atoms with van der Waals surface area (Å²) in [7, 11) is 2.08. The summed E-state index contributed by atoms with van der Waals surface area (Å²) in [6, 6.07) is 7.94. The Bertz CT molecular complexity index is 492. The number of primary amides is 1. The zero-order valence-corrected chi connectivity index (χ0v) is 14.0. The predicted octanol–water partition coefficient (Wildman–Crippen LogP) is 0.703. The second kappa shape index (κ2) is 8.86. The molecule has 0 bridgehead atoms. The van der Waals surface area contributed by atoms with Crippen LogP contribution in [-0.4, -0.2) is 68.3 Å². The Balaban J connectivity index is 1.95. The third kappa shape index (κ3) is 6.17. The van der Waals surface area contributed by atoms with E-state index in [9.17, 15) is 4.79 Å². The number of carbonyl (C=O) groups is 1. The molecule has 1 fully saturated rings. The number of nitrogens with zero attached hydrogens (tertiary/aromatic N) is 2. The van der Waals surface area contributed by atoms with Crippen LogP contribution in [0.5, 0.6) is 5.75 Å². The lowest BCUT2D eigenvalue weighted by Crippen LogP contribution is -2.47. The second-order valence-electron chi connectivity index (χ2n) is 5.97. The molecule has 1 atom stereocenters. The Morgan fingerprint density at radius 3 is 2.78 bits per heavy atom. The highest BCUT2D eigenvalue weighted by molar-refractivity contribution is 5.75. The van der Waals surface area contributed by atoms with E-state index in [1.165, 1.54) is 0 Å². The smallest absolute Gasteiger partial charge is 0.231 e. The van der Waals surface area contributed by atoms with Crippen molar-refractivity contribution in [1.82, 2.24) is 9.80 Å². The second-order valence-corrected chi connectivity index (χ2v) is 5.97. The lowest BCUT2D eigenvalue weighted by atomic mass is 10.2. The van der Waals surface area contributed by atoms with Crippen LogP contribution in [-0.2, 0) is 16.1 Å². The minimum Gasteiger partial charge on any atom is -0.494 e. The van der Waals surface area contributed by atoms with Crippen molar-refractivity contribution in [3.05, 3.63) is 29.8 Å². The summed E-state index contributed by atoms with van der Waals surface area (Å²) in [4.78, 5) is 15.6. The molecule has 0 aliphatic carbocycles. The van der Waals surface area contributed by atoms with Crippen molar-refractivity contribution in [2.75, 3.05) is 46.4 Å². The Hall–Kier alpha value is -1.63. The number of carbonyl (C=O) groups excluding carboxylic acids is 1. The summed E-state index contributed by atoms with van der Waals surface area (Å²) in [6.07, 6.45) is 0.107. The van der Waals surface area contributed by atoms with Crippen LogP contribution in [0.2, 0.25) is 0 Å². The maximum atomic E-state index is 11.4. The van der Waals surface area contributed by atoms with E-state index >= 15 is 0 Å². The molecule has 0 aromatic heterocycles. The Kier molecular flexibility index (Phi) is 6.83. The first-order valence-electron chi connectivity index (χ1n) is 8.09. The zero-order valence-electron chi connectivity index (χ0n) is 14.0. The highest BCUT2D eigenvalue weighted by Crippen LogP contribution is 2.14. The number of hydrogen-bond acceptors (Lipinski definition) is 5. The molecule has 1 aromatic rings. The van der Waals surface area contributed by atoms with E-state index in [0.29, 0.717) is 19.7 Å². The van der Waals surface area contributed by atoms with Crippen molar-refractivity contribution in [2.24, 2.45) is 5.73 Å². The maximum absolute atomic E-state index is 11.4. The lowest BCUT2D eigenvalue weighted by molar-refractivity contribution is -0.120. The van der Waals surface area contributed by atoms with Gasteiger partial charge >= 0.3 is 0 Å². The van der Waals surface area contributed by atoms with Gasteiger partial charge in [-0.15, -0.1) is 0 Å². The van der Waals surface area contributed by atoms with Crippen LogP contribution < -0.4 is 10.5 Å². The van der Waals surface area contributed by atoms with Crippen molar-refractivity contribution in [3.8, 4) is 5.75 Å². The monoisotopic (exact) mass is 321 g/mol. The first kappa shape index (κ1) is 17.7. The third-order valence-corrected chi connectivity index (χ3v) is 3.82. The number of hydrogen-bond donors (Lipinski definition) is 1. The van der Waals surface area contributed by atoms with Crippen LogP contribution in [0, 0.1) is 0 Å². The van der Waals surface area contributed by atoms with Crippen LogP contribution >= 0.6 is 0 Å². The summed E-state index contributed by atoms with van der Waals surface area (Å²) in [5, 5.41) is 0. The topological polar surface area (TPSA) is 68.0 Å². The Morgan fingerprint density at radius 1 is 1.43 bits per heavy atom. The number of likely N-dealkylation sites (N-methyl/N-ethyl adjacent to an activating group) is 1. The fourth-order valence-corrected chi connectivity index (χ4v) is 2.79. The Morgan fingerprint density at radius 2 is 2.17 bits per heavy atom. The largest absolute Gasteiger partial charge is 0.494 e. The van der Waals surface area contributed by atoms with Gasteiger partial charge in [0.1, 0.15) is 5.75 Å². The molecular weight excluding hydrogens is 294 g/mol. The van der Waals surface area contributed by atoms with Gasteiger partial charge in [0.05, 0.1) is 25.9 Å². The molecule has 6 nitrogen and oxygen atoms in total. The molecule has 1 aliphatic heterocycles. The van der Waals surface area contributed by atoms with Gasteiger partial charge in [-0.25, -0.2) is 0 Å². The van der Waals surface area contributed by atoms with Gasteiger partial charge in [-0.3, -0.25) is 9.69 Å². The van der Waals surface area contributed by atoms with Gasteiger partial charge in [0.25, 0.3) is 0 Å². The molecule has 0 spiro atoms. The summed E-state index contributed by atoms with van der Waals surface area (Å²) in [5.41, 5.74) is 6.52. The van der Waals surface area contributed by atoms with Crippen LogP contribution in [0.25, 0.3) is 0 Å². The molecule has 2 rings (SSSR count). The third-order valence-electron chi connectivity index (χ3n) is 3.82. The molecule has 0 radical (unpaired) electrons. The van der Waals surface area contributed by atoms with E-state index in [0.717, 1.165) is 31.0 Å². The van der Waals surface area contributed by atoms with Gasteiger partial charge in [0, 0.05) is 26.2 Å². The zero-order chi connectivity index (χ0) is 16.7. The Labute approximate surface area is 138 Å². The predicted molar refractivity (Wildman–Crippen MR) is 89.3 cm³/mol.